The first-order valence-corrected chi connectivity index (χ1v) is 9.16. The molecule has 0 atom stereocenters. The molecule has 0 aliphatic heterocycles. The Kier molecular flexibility index (Phi) is 6.65. The molecule has 1 heterocycles. The van der Waals surface area contributed by atoms with Gasteiger partial charge in [0.05, 0.1) is 18.5 Å². The zero-order valence-corrected chi connectivity index (χ0v) is 16.5. The van der Waals surface area contributed by atoms with Crippen LogP contribution in [0.4, 0.5) is 17.3 Å². The van der Waals surface area contributed by atoms with Gasteiger partial charge in [0.25, 0.3) is 0 Å². The molecule has 29 heavy (non-hydrogen) atoms. The molecule has 3 rings (SSSR count). The Balaban J connectivity index is 1.56. The molecule has 1 aromatic heterocycles. The second-order valence-electron chi connectivity index (χ2n) is 6.06. The van der Waals surface area contributed by atoms with Crippen LogP contribution in [0, 0.1) is 0 Å². The van der Waals surface area contributed by atoms with Gasteiger partial charge in [-0.1, -0.05) is 48.0 Å². The lowest BCUT2D eigenvalue weighted by molar-refractivity contribution is -0.111. The van der Waals surface area contributed by atoms with Gasteiger partial charge in [-0.2, -0.15) is 4.98 Å². The predicted octanol–water partition coefficient (Wildman–Crippen LogP) is 3.98. The molecule has 1 amide bonds. The van der Waals surface area contributed by atoms with E-state index in [1.807, 2.05) is 36.4 Å². The number of aromatic nitrogens is 2. The smallest absolute Gasteiger partial charge is 0.248 e. The van der Waals surface area contributed by atoms with Gasteiger partial charge in [0.2, 0.25) is 17.7 Å². The maximum absolute atomic E-state index is 12.0. The first-order valence-electron chi connectivity index (χ1n) is 8.78. The molecule has 0 unspecified atom stereocenters. The lowest BCUT2D eigenvalue weighted by Crippen LogP contribution is -2.09. The Morgan fingerprint density at radius 2 is 1.93 bits per heavy atom. The molecule has 0 bridgehead atoms. The van der Waals surface area contributed by atoms with E-state index in [0.29, 0.717) is 34.9 Å². The average Bonchev–Trinajstić information content (AvgIpc) is 2.73. The van der Waals surface area contributed by atoms with Crippen LogP contribution in [0.1, 0.15) is 11.1 Å². The summed E-state index contributed by atoms with van der Waals surface area (Å²) in [4.78, 5) is 20.3. The molecule has 0 radical (unpaired) electrons. The maximum Gasteiger partial charge on any atom is 0.248 e. The number of ether oxygens (including phenoxy) is 1. The first kappa shape index (κ1) is 20.2. The minimum absolute atomic E-state index is 0.249. The number of amides is 1. The molecule has 0 aliphatic carbocycles. The monoisotopic (exact) mass is 409 g/mol. The van der Waals surface area contributed by atoms with Crippen molar-refractivity contribution in [2.45, 2.75) is 6.54 Å². The minimum Gasteiger partial charge on any atom is -0.481 e. The number of nitrogens with two attached hydrogens (primary N) is 1. The lowest BCUT2D eigenvalue weighted by Gasteiger charge is -2.07. The van der Waals surface area contributed by atoms with Crippen molar-refractivity contribution in [3.63, 3.8) is 0 Å². The van der Waals surface area contributed by atoms with E-state index >= 15 is 0 Å². The van der Waals surface area contributed by atoms with E-state index < -0.39 is 0 Å². The van der Waals surface area contributed by atoms with Gasteiger partial charge >= 0.3 is 0 Å². The lowest BCUT2D eigenvalue weighted by atomic mass is 10.1. The van der Waals surface area contributed by atoms with Gasteiger partial charge in [-0.05, 0) is 29.3 Å². The SMILES string of the molecule is COc1cc(Cl)nc(NCc2ccc(/C=C\C(=O)Nc3ccccc3N)cc2)n1. The van der Waals surface area contributed by atoms with Crippen molar-refractivity contribution in [1.29, 1.82) is 0 Å². The first-order chi connectivity index (χ1) is 14.0. The summed E-state index contributed by atoms with van der Waals surface area (Å²) in [5, 5.41) is 6.15. The molecule has 0 aliphatic rings. The highest BCUT2D eigenvalue weighted by Gasteiger charge is 2.04. The van der Waals surface area contributed by atoms with Crippen molar-refractivity contribution in [3.05, 3.63) is 77.0 Å². The number of rotatable bonds is 7. The Labute approximate surface area is 173 Å². The van der Waals surface area contributed by atoms with Crippen molar-refractivity contribution in [1.82, 2.24) is 9.97 Å². The zero-order valence-electron chi connectivity index (χ0n) is 15.7. The second kappa shape index (κ2) is 9.57. The van der Waals surface area contributed by atoms with Crippen molar-refractivity contribution < 1.29 is 9.53 Å². The molecule has 148 valence electrons. The molecule has 2 aromatic carbocycles. The number of para-hydroxylation sites is 2. The Morgan fingerprint density at radius 1 is 1.17 bits per heavy atom. The maximum atomic E-state index is 12.0. The number of hydrogen-bond acceptors (Lipinski definition) is 6. The van der Waals surface area contributed by atoms with Crippen molar-refractivity contribution >= 4 is 40.9 Å². The largest absolute Gasteiger partial charge is 0.481 e. The van der Waals surface area contributed by atoms with Gasteiger partial charge in [0.15, 0.2) is 0 Å². The molecule has 0 saturated heterocycles. The fourth-order valence-corrected chi connectivity index (χ4v) is 2.64. The predicted molar refractivity (Wildman–Crippen MR) is 116 cm³/mol. The normalized spacial score (nSPS) is 10.7. The van der Waals surface area contributed by atoms with E-state index in [4.69, 9.17) is 22.1 Å². The van der Waals surface area contributed by atoms with Gasteiger partial charge in [0, 0.05) is 18.7 Å². The van der Waals surface area contributed by atoms with E-state index in [-0.39, 0.29) is 5.91 Å². The minimum atomic E-state index is -0.249. The molecular formula is C21H20ClN5O2. The van der Waals surface area contributed by atoms with Crippen molar-refractivity contribution in [2.24, 2.45) is 0 Å². The summed E-state index contributed by atoms with van der Waals surface area (Å²) in [6.45, 7) is 0.515. The van der Waals surface area contributed by atoms with Crippen LogP contribution >= 0.6 is 11.6 Å². The van der Waals surface area contributed by atoms with Gasteiger partial charge in [0.1, 0.15) is 5.15 Å². The van der Waals surface area contributed by atoms with Crippen LogP contribution in [-0.2, 0) is 11.3 Å². The molecule has 0 saturated carbocycles. The number of methoxy groups -OCH3 is 1. The third kappa shape index (κ3) is 5.95. The van der Waals surface area contributed by atoms with Crippen LogP contribution in [0.2, 0.25) is 5.15 Å². The van der Waals surface area contributed by atoms with Crippen LogP contribution < -0.4 is 21.1 Å². The highest BCUT2D eigenvalue weighted by atomic mass is 35.5. The van der Waals surface area contributed by atoms with Crippen LogP contribution in [0.3, 0.4) is 0 Å². The third-order valence-electron chi connectivity index (χ3n) is 3.96. The zero-order chi connectivity index (χ0) is 20.6. The summed E-state index contributed by atoms with van der Waals surface area (Å²) >= 11 is 5.93. The number of nitrogen functional groups attached to an aromatic ring is 1. The Bertz CT molecular complexity index is 1020. The molecule has 4 N–H and O–H groups in total. The number of halogens is 1. The molecule has 0 spiro atoms. The fraction of sp³-hybridized carbons (Fsp3) is 0.0952. The number of benzene rings is 2. The molecule has 0 fully saturated rings. The molecule has 3 aromatic rings. The van der Waals surface area contributed by atoms with Crippen molar-refractivity contribution in [3.8, 4) is 5.88 Å². The fourth-order valence-electron chi connectivity index (χ4n) is 2.47. The van der Waals surface area contributed by atoms with E-state index in [2.05, 4.69) is 20.6 Å². The van der Waals surface area contributed by atoms with Crippen LogP contribution in [0.5, 0.6) is 5.88 Å². The summed E-state index contributed by atoms with van der Waals surface area (Å²) in [5.74, 6) is 0.527. The number of nitrogens with zero attached hydrogens (tertiary/aromatic N) is 2. The quantitative estimate of drug-likeness (QED) is 0.310. The van der Waals surface area contributed by atoms with Gasteiger partial charge in [-0.25, -0.2) is 4.98 Å². The van der Waals surface area contributed by atoms with Crippen LogP contribution in [-0.4, -0.2) is 23.0 Å². The number of carbonyl (C=O) groups is 1. The average molecular weight is 410 g/mol. The number of nitrogens with one attached hydrogen (secondary N) is 2. The Morgan fingerprint density at radius 3 is 2.66 bits per heavy atom. The van der Waals surface area contributed by atoms with E-state index in [9.17, 15) is 4.79 Å². The van der Waals surface area contributed by atoms with E-state index in [1.54, 1.807) is 18.2 Å². The summed E-state index contributed by atoms with van der Waals surface area (Å²) in [6, 6.07) is 16.4. The van der Waals surface area contributed by atoms with E-state index in [1.165, 1.54) is 19.3 Å². The number of anilines is 3. The molecule has 7 nitrogen and oxygen atoms in total. The standard InChI is InChI=1S/C21H20ClN5O2/c1-29-20-12-18(22)26-21(27-20)24-13-15-8-6-14(7-9-15)10-11-19(28)25-17-5-3-2-4-16(17)23/h2-12H,13,23H2,1H3,(H,25,28)(H,24,26,27)/b11-10-. The van der Waals surface area contributed by atoms with Crippen LogP contribution in [0.15, 0.2) is 60.7 Å². The number of carbonyl (C=O) groups excluding carboxylic acids is 1. The van der Waals surface area contributed by atoms with Crippen molar-refractivity contribution in [2.75, 3.05) is 23.5 Å². The third-order valence-corrected chi connectivity index (χ3v) is 4.15. The van der Waals surface area contributed by atoms with Gasteiger partial charge in [-0.3, -0.25) is 4.79 Å². The topological polar surface area (TPSA) is 102 Å². The summed E-state index contributed by atoms with van der Waals surface area (Å²) in [7, 11) is 1.52. The second-order valence-corrected chi connectivity index (χ2v) is 6.45. The van der Waals surface area contributed by atoms with E-state index in [0.717, 1.165) is 11.1 Å². The summed E-state index contributed by atoms with van der Waals surface area (Å²) < 4.78 is 5.07. The molecular weight excluding hydrogens is 390 g/mol. The highest BCUT2D eigenvalue weighted by Crippen LogP contribution is 2.18. The Hall–Kier alpha value is -3.58. The summed E-state index contributed by atoms with van der Waals surface area (Å²) in [5.41, 5.74) is 8.84. The number of hydrogen-bond donors (Lipinski definition) is 3. The van der Waals surface area contributed by atoms with Crippen LogP contribution in [0.25, 0.3) is 6.08 Å². The van der Waals surface area contributed by atoms with Gasteiger partial charge < -0.3 is 21.1 Å². The highest BCUT2D eigenvalue weighted by molar-refractivity contribution is 6.29. The molecule has 8 heteroatoms. The summed E-state index contributed by atoms with van der Waals surface area (Å²) in [6.07, 6.45) is 3.20. The van der Waals surface area contributed by atoms with Gasteiger partial charge in [-0.15, -0.1) is 0 Å².